The van der Waals surface area contributed by atoms with E-state index in [-0.39, 0.29) is 0 Å². The standard InChI is InChI=1S/C17H20N6/c1-18-17(19-11-10-14-7-3-2-4-8-14)20-13-16-22-21-15-9-5-6-12-23(15)16/h2-9,12H,10-11,13H2,1H3,(H2,18,19,20). The van der Waals surface area contributed by atoms with Gasteiger partial charge < -0.3 is 10.6 Å². The van der Waals surface area contributed by atoms with Gasteiger partial charge in [0.25, 0.3) is 0 Å². The number of guanidine groups is 1. The van der Waals surface area contributed by atoms with Gasteiger partial charge in [0, 0.05) is 19.8 Å². The van der Waals surface area contributed by atoms with Crippen LogP contribution in [0.1, 0.15) is 11.4 Å². The van der Waals surface area contributed by atoms with E-state index in [2.05, 4.69) is 50.1 Å². The Balaban J connectivity index is 1.52. The lowest BCUT2D eigenvalue weighted by Gasteiger charge is -2.11. The molecule has 0 bridgehead atoms. The molecular formula is C17H20N6. The van der Waals surface area contributed by atoms with Crippen molar-refractivity contribution >= 4 is 11.6 Å². The monoisotopic (exact) mass is 308 g/mol. The summed E-state index contributed by atoms with van der Waals surface area (Å²) < 4.78 is 1.96. The molecule has 2 heterocycles. The Morgan fingerprint density at radius 2 is 1.87 bits per heavy atom. The van der Waals surface area contributed by atoms with Gasteiger partial charge in [-0.1, -0.05) is 36.4 Å². The lowest BCUT2D eigenvalue weighted by molar-refractivity contribution is 0.757. The van der Waals surface area contributed by atoms with E-state index in [1.807, 2.05) is 34.9 Å². The molecule has 0 unspecified atom stereocenters. The molecule has 0 atom stereocenters. The van der Waals surface area contributed by atoms with Gasteiger partial charge in [-0.25, -0.2) is 0 Å². The van der Waals surface area contributed by atoms with E-state index in [1.165, 1.54) is 5.56 Å². The number of nitrogens with zero attached hydrogens (tertiary/aromatic N) is 4. The fourth-order valence-electron chi connectivity index (χ4n) is 2.36. The number of rotatable bonds is 5. The maximum Gasteiger partial charge on any atom is 0.191 e. The average molecular weight is 308 g/mol. The molecule has 0 aliphatic heterocycles. The Morgan fingerprint density at radius 3 is 2.70 bits per heavy atom. The summed E-state index contributed by atoms with van der Waals surface area (Å²) in [6.07, 6.45) is 2.91. The number of aromatic nitrogens is 3. The summed E-state index contributed by atoms with van der Waals surface area (Å²) in [6.45, 7) is 1.39. The predicted octanol–water partition coefficient (Wildman–Crippen LogP) is 1.64. The van der Waals surface area contributed by atoms with Crippen molar-refractivity contribution in [3.63, 3.8) is 0 Å². The number of fused-ring (bicyclic) bond motifs is 1. The van der Waals surface area contributed by atoms with E-state index in [0.717, 1.165) is 30.4 Å². The van der Waals surface area contributed by atoms with Crippen molar-refractivity contribution in [2.45, 2.75) is 13.0 Å². The van der Waals surface area contributed by atoms with Crippen LogP contribution in [0.3, 0.4) is 0 Å². The molecule has 0 saturated carbocycles. The van der Waals surface area contributed by atoms with Crippen LogP contribution in [0.15, 0.2) is 59.7 Å². The first-order valence-electron chi connectivity index (χ1n) is 7.64. The SMILES string of the molecule is CN=C(NCCc1ccccc1)NCc1nnc2ccccn12. The molecular weight excluding hydrogens is 288 g/mol. The fraction of sp³-hybridized carbons (Fsp3) is 0.235. The molecule has 1 aromatic carbocycles. The van der Waals surface area contributed by atoms with Crippen molar-refractivity contribution in [2.75, 3.05) is 13.6 Å². The van der Waals surface area contributed by atoms with Crippen LogP contribution in [-0.4, -0.2) is 34.2 Å². The van der Waals surface area contributed by atoms with Gasteiger partial charge in [0.15, 0.2) is 17.4 Å². The summed E-state index contributed by atoms with van der Waals surface area (Å²) in [5.41, 5.74) is 2.15. The molecule has 118 valence electrons. The Labute approximate surface area is 135 Å². The number of benzene rings is 1. The van der Waals surface area contributed by atoms with Gasteiger partial charge in [0.05, 0.1) is 6.54 Å². The summed E-state index contributed by atoms with van der Waals surface area (Å²) in [7, 11) is 1.76. The summed E-state index contributed by atoms with van der Waals surface area (Å²) >= 11 is 0. The summed E-state index contributed by atoms with van der Waals surface area (Å²) in [4.78, 5) is 4.24. The zero-order valence-corrected chi connectivity index (χ0v) is 13.1. The molecule has 23 heavy (non-hydrogen) atoms. The molecule has 0 spiro atoms. The molecule has 3 aromatic rings. The Hall–Kier alpha value is -2.89. The van der Waals surface area contributed by atoms with E-state index in [1.54, 1.807) is 7.05 Å². The van der Waals surface area contributed by atoms with E-state index in [4.69, 9.17) is 0 Å². The highest BCUT2D eigenvalue weighted by Gasteiger charge is 2.05. The molecule has 2 aromatic heterocycles. The third-order valence-electron chi connectivity index (χ3n) is 3.57. The van der Waals surface area contributed by atoms with Gasteiger partial charge in [-0.15, -0.1) is 10.2 Å². The van der Waals surface area contributed by atoms with Crippen LogP contribution < -0.4 is 10.6 Å². The number of nitrogens with one attached hydrogen (secondary N) is 2. The molecule has 0 saturated heterocycles. The molecule has 6 heteroatoms. The van der Waals surface area contributed by atoms with Gasteiger partial charge in [0.1, 0.15) is 0 Å². The average Bonchev–Trinajstić information content (AvgIpc) is 3.02. The molecule has 0 radical (unpaired) electrons. The van der Waals surface area contributed by atoms with Crippen LogP contribution in [0.4, 0.5) is 0 Å². The summed E-state index contributed by atoms with van der Waals surface area (Å²) in [6, 6.07) is 16.2. The van der Waals surface area contributed by atoms with Gasteiger partial charge in [-0.2, -0.15) is 0 Å². The van der Waals surface area contributed by atoms with E-state index < -0.39 is 0 Å². The topological polar surface area (TPSA) is 66.6 Å². The first-order valence-corrected chi connectivity index (χ1v) is 7.64. The van der Waals surface area contributed by atoms with Crippen LogP contribution in [0.5, 0.6) is 0 Å². The summed E-state index contributed by atoms with van der Waals surface area (Å²) in [5.74, 6) is 1.61. The van der Waals surface area contributed by atoms with E-state index >= 15 is 0 Å². The van der Waals surface area contributed by atoms with Crippen LogP contribution in [-0.2, 0) is 13.0 Å². The smallest absolute Gasteiger partial charge is 0.191 e. The van der Waals surface area contributed by atoms with Crippen molar-refractivity contribution in [3.05, 3.63) is 66.1 Å². The summed E-state index contributed by atoms with van der Waals surface area (Å²) in [5, 5.41) is 14.9. The van der Waals surface area contributed by atoms with Crippen LogP contribution in [0, 0.1) is 0 Å². The van der Waals surface area contributed by atoms with Crippen LogP contribution >= 0.6 is 0 Å². The van der Waals surface area contributed by atoms with Gasteiger partial charge in [-0.05, 0) is 24.1 Å². The second-order valence-corrected chi connectivity index (χ2v) is 5.13. The first-order chi connectivity index (χ1) is 11.4. The van der Waals surface area contributed by atoms with Crippen LogP contribution in [0.25, 0.3) is 5.65 Å². The van der Waals surface area contributed by atoms with Crippen molar-refractivity contribution in [3.8, 4) is 0 Å². The lowest BCUT2D eigenvalue weighted by Crippen LogP contribution is -2.38. The highest BCUT2D eigenvalue weighted by atomic mass is 15.3. The van der Waals surface area contributed by atoms with Gasteiger partial charge >= 0.3 is 0 Å². The normalized spacial score (nSPS) is 11.6. The Kier molecular flexibility index (Phi) is 4.83. The Morgan fingerprint density at radius 1 is 1.04 bits per heavy atom. The lowest BCUT2D eigenvalue weighted by atomic mass is 10.1. The maximum absolute atomic E-state index is 4.24. The minimum Gasteiger partial charge on any atom is -0.356 e. The van der Waals surface area contributed by atoms with Crippen molar-refractivity contribution < 1.29 is 0 Å². The zero-order valence-electron chi connectivity index (χ0n) is 13.1. The van der Waals surface area contributed by atoms with Crippen molar-refractivity contribution in [2.24, 2.45) is 4.99 Å². The number of aliphatic imine (C=N–C) groups is 1. The third kappa shape index (κ3) is 3.85. The Bertz CT molecular complexity index is 778. The van der Waals surface area contributed by atoms with E-state index in [9.17, 15) is 0 Å². The number of hydrogen-bond acceptors (Lipinski definition) is 3. The molecule has 0 amide bonds. The molecule has 3 rings (SSSR count). The highest BCUT2D eigenvalue weighted by molar-refractivity contribution is 5.79. The number of hydrogen-bond donors (Lipinski definition) is 2. The van der Waals surface area contributed by atoms with Crippen molar-refractivity contribution in [1.29, 1.82) is 0 Å². The first kappa shape index (κ1) is 15.0. The minimum atomic E-state index is 0.566. The number of pyridine rings is 1. The molecule has 0 aliphatic carbocycles. The van der Waals surface area contributed by atoms with Gasteiger partial charge in [0.2, 0.25) is 0 Å². The minimum absolute atomic E-state index is 0.566. The molecule has 6 nitrogen and oxygen atoms in total. The fourth-order valence-corrected chi connectivity index (χ4v) is 2.36. The zero-order chi connectivity index (χ0) is 15.9. The van der Waals surface area contributed by atoms with Crippen LogP contribution in [0.2, 0.25) is 0 Å². The molecule has 0 fully saturated rings. The second-order valence-electron chi connectivity index (χ2n) is 5.13. The largest absolute Gasteiger partial charge is 0.356 e. The quantitative estimate of drug-likeness (QED) is 0.555. The maximum atomic E-state index is 4.24. The predicted molar refractivity (Wildman–Crippen MR) is 91.3 cm³/mol. The van der Waals surface area contributed by atoms with Crippen molar-refractivity contribution in [1.82, 2.24) is 25.2 Å². The molecule has 0 aliphatic rings. The van der Waals surface area contributed by atoms with Gasteiger partial charge in [-0.3, -0.25) is 9.39 Å². The molecule has 2 N–H and O–H groups in total. The van der Waals surface area contributed by atoms with E-state index in [0.29, 0.717) is 6.54 Å². The highest BCUT2D eigenvalue weighted by Crippen LogP contribution is 2.02. The second kappa shape index (κ2) is 7.40. The third-order valence-corrected chi connectivity index (χ3v) is 3.57.